The summed E-state index contributed by atoms with van der Waals surface area (Å²) in [4.78, 5) is 15.9. The molecule has 0 aliphatic heterocycles. The minimum Gasteiger partial charge on any atom is -0.348 e. The Morgan fingerprint density at radius 3 is 2.83 bits per heavy atom. The predicted octanol–water partition coefficient (Wildman–Crippen LogP) is 2.22. The molecular formula is C11H19Cl2N3OS. The van der Waals surface area contributed by atoms with E-state index in [1.165, 1.54) is 18.5 Å². The van der Waals surface area contributed by atoms with Crippen LogP contribution in [0.1, 0.15) is 42.8 Å². The Morgan fingerprint density at radius 1 is 1.61 bits per heavy atom. The van der Waals surface area contributed by atoms with Crippen molar-refractivity contribution in [1.29, 1.82) is 0 Å². The van der Waals surface area contributed by atoms with Crippen molar-refractivity contribution >= 4 is 42.1 Å². The van der Waals surface area contributed by atoms with Crippen molar-refractivity contribution in [3.63, 3.8) is 0 Å². The number of hydrogen-bond acceptors (Lipinski definition) is 4. The van der Waals surface area contributed by atoms with Gasteiger partial charge in [0.05, 0.1) is 18.3 Å². The quantitative estimate of drug-likeness (QED) is 0.876. The Morgan fingerprint density at radius 2 is 2.28 bits per heavy atom. The maximum absolute atomic E-state index is 11.4. The van der Waals surface area contributed by atoms with Crippen LogP contribution in [0.2, 0.25) is 0 Å². The first-order chi connectivity index (χ1) is 7.70. The number of carbonyl (C=O) groups is 1. The van der Waals surface area contributed by atoms with E-state index in [1.807, 2.05) is 6.92 Å². The lowest BCUT2D eigenvalue weighted by Crippen LogP contribution is -2.39. The van der Waals surface area contributed by atoms with Crippen LogP contribution in [0.15, 0.2) is 5.38 Å². The maximum Gasteiger partial charge on any atom is 0.237 e. The first kappa shape index (κ1) is 17.6. The normalized spacial score (nSPS) is 15.2. The summed E-state index contributed by atoms with van der Waals surface area (Å²) in [6.07, 6.45) is 3.18. The highest BCUT2D eigenvalue weighted by molar-refractivity contribution is 7.09. The number of hydrogen-bond donors (Lipinski definition) is 2. The highest BCUT2D eigenvalue weighted by atomic mass is 35.5. The number of rotatable bonds is 5. The van der Waals surface area contributed by atoms with E-state index in [0.717, 1.165) is 5.01 Å². The van der Waals surface area contributed by atoms with Crippen LogP contribution in [0, 0.1) is 0 Å². The Labute approximate surface area is 124 Å². The van der Waals surface area contributed by atoms with Gasteiger partial charge in [0.25, 0.3) is 0 Å². The zero-order chi connectivity index (χ0) is 11.5. The Balaban J connectivity index is 0.00000144. The average molecular weight is 312 g/mol. The third kappa shape index (κ3) is 4.72. The number of carbonyl (C=O) groups excluding carboxylic acids is 1. The molecule has 1 fully saturated rings. The molecule has 0 aromatic carbocycles. The Bertz CT molecular complexity index is 382. The molecule has 4 nitrogen and oxygen atoms in total. The van der Waals surface area contributed by atoms with Gasteiger partial charge >= 0.3 is 0 Å². The number of nitrogens with zero attached hydrogens (tertiary/aromatic N) is 1. The monoisotopic (exact) mass is 311 g/mol. The van der Waals surface area contributed by atoms with Crippen LogP contribution < -0.4 is 11.1 Å². The van der Waals surface area contributed by atoms with Gasteiger partial charge in [0.15, 0.2) is 0 Å². The summed E-state index contributed by atoms with van der Waals surface area (Å²) >= 11 is 1.61. The fourth-order valence-electron chi connectivity index (χ4n) is 1.45. The average Bonchev–Trinajstić information content (AvgIpc) is 3.05. The summed E-state index contributed by atoms with van der Waals surface area (Å²) in [5, 5.41) is 5.87. The highest BCUT2D eigenvalue weighted by Crippen LogP contribution is 2.40. The van der Waals surface area contributed by atoms with Gasteiger partial charge < -0.3 is 11.1 Å². The topological polar surface area (TPSA) is 68.0 Å². The first-order valence-electron chi connectivity index (χ1n) is 5.68. The fourth-order valence-corrected chi connectivity index (χ4v) is 2.27. The zero-order valence-corrected chi connectivity index (χ0v) is 12.7. The van der Waals surface area contributed by atoms with Crippen molar-refractivity contribution in [3.05, 3.63) is 16.1 Å². The van der Waals surface area contributed by atoms with Crippen LogP contribution in [-0.2, 0) is 11.3 Å². The van der Waals surface area contributed by atoms with E-state index in [4.69, 9.17) is 5.73 Å². The van der Waals surface area contributed by atoms with Gasteiger partial charge in [-0.25, -0.2) is 4.98 Å². The molecule has 1 atom stereocenters. The molecule has 104 valence electrons. The first-order valence-corrected chi connectivity index (χ1v) is 6.56. The number of halogens is 2. The van der Waals surface area contributed by atoms with E-state index in [1.54, 1.807) is 11.3 Å². The molecule has 1 aliphatic rings. The second kappa shape index (κ2) is 7.94. The fraction of sp³-hybridized carbons (Fsp3) is 0.636. The summed E-state index contributed by atoms with van der Waals surface area (Å²) in [7, 11) is 0. The molecule has 1 heterocycles. The van der Waals surface area contributed by atoms with Crippen LogP contribution in [0.3, 0.4) is 0 Å². The summed E-state index contributed by atoms with van der Waals surface area (Å²) in [6, 6.07) is -0.400. The molecular weight excluding hydrogens is 293 g/mol. The van der Waals surface area contributed by atoms with Crippen molar-refractivity contribution in [1.82, 2.24) is 10.3 Å². The van der Waals surface area contributed by atoms with E-state index in [2.05, 4.69) is 15.7 Å². The summed E-state index contributed by atoms with van der Waals surface area (Å²) in [5.41, 5.74) is 6.80. The lowest BCUT2D eigenvalue weighted by molar-refractivity contribution is -0.122. The standard InChI is InChI=1S/C11H17N3OS.2ClH/c1-2-8(12)11(15)13-5-10-14-9(6-16-10)7-3-4-7;;/h6-8H,2-5,12H2,1H3,(H,13,15);2*1H/t8-;;/m0../s1. The Hall–Kier alpha value is -0.360. The van der Waals surface area contributed by atoms with Crippen LogP contribution in [0.25, 0.3) is 0 Å². The summed E-state index contributed by atoms with van der Waals surface area (Å²) in [6.45, 7) is 2.41. The van der Waals surface area contributed by atoms with Crippen LogP contribution in [0.4, 0.5) is 0 Å². The maximum atomic E-state index is 11.4. The van der Waals surface area contributed by atoms with Gasteiger partial charge in [-0.05, 0) is 19.3 Å². The zero-order valence-electron chi connectivity index (χ0n) is 10.2. The number of amides is 1. The third-order valence-electron chi connectivity index (χ3n) is 2.76. The van der Waals surface area contributed by atoms with E-state index in [0.29, 0.717) is 18.9 Å². The molecule has 18 heavy (non-hydrogen) atoms. The number of thiazole rings is 1. The van der Waals surface area contributed by atoms with Crippen molar-refractivity contribution in [2.24, 2.45) is 5.73 Å². The predicted molar refractivity (Wildman–Crippen MR) is 78.7 cm³/mol. The second-order valence-corrected chi connectivity index (χ2v) is 5.12. The molecule has 3 N–H and O–H groups in total. The van der Waals surface area contributed by atoms with Gasteiger partial charge in [0, 0.05) is 11.3 Å². The lowest BCUT2D eigenvalue weighted by atomic mass is 10.2. The summed E-state index contributed by atoms with van der Waals surface area (Å²) < 4.78 is 0. The molecule has 7 heteroatoms. The molecule has 1 saturated carbocycles. The van der Waals surface area contributed by atoms with Gasteiger partial charge in [-0.2, -0.15) is 0 Å². The Kier molecular flexibility index (Phi) is 7.78. The molecule has 0 radical (unpaired) electrons. The van der Waals surface area contributed by atoms with Gasteiger partial charge in [-0.3, -0.25) is 4.79 Å². The van der Waals surface area contributed by atoms with Crippen molar-refractivity contribution in [2.45, 2.75) is 44.7 Å². The van der Waals surface area contributed by atoms with Gasteiger partial charge in [-0.15, -0.1) is 36.2 Å². The smallest absolute Gasteiger partial charge is 0.237 e. The number of nitrogens with one attached hydrogen (secondary N) is 1. The second-order valence-electron chi connectivity index (χ2n) is 4.17. The van der Waals surface area contributed by atoms with E-state index >= 15 is 0 Å². The van der Waals surface area contributed by atoms with Crippen molar-refractivity contribution in [2.75, 3.05) is 0 Å². The minimum atomic E-state index is -0.400. The highest BCUT2D eigenvalue weighted by Gasteiger charge is 2.26. The van der Waals surface area contributed by atoms with Crippen molar-refractivity contribution in [3.8, 4) is 0 Å². The lowest BCUT2D eigenvalue weighted by Gasteiger charge is -2.08. The third-order valence-corrected chi connectivity index (χ3v) is 3.62. The SMILES string of the molecule is CC[C@H](N)C(=O)NCc1nc(C2CC2)cs1.Cl.Cl. The van der Waals surface area contributed by atoms with Gasteiger partial charge in [-0.1, -0.05) is 6.92 Å². The molecule has 1 amide bonds. The van der Waals surface area contributed by atoms with E-state index in [-0.39, 0.29) is 30.7 Å². The molecule has 1 aromatic heterocycles. The van der Waals surface area contributed by atoms with E-state index < -0.39 is 6.04 Å². The number of aromatic nitrogens is 1. The van der Waals surface area contributed by atoms with Crippen LogP contribution in [-0.4, -0.2) is 16.9 Å². The molecule has 0 spiro atoms. The summed E-state index contributed by atoms with van der Waals surface area (Å²) in [5.74, 6) is 0.587. The van der Waals surface area contributed by atoms with Gasteiger partial charge in [0.1, 0.15) is 5.01 Å². The van der Waals surface area contributed by atoms with Crippen LogP contribution >= 0.6 is 36.2 Å². The van der Waals surface area contributed by atoms with Crippen LogP contribution in [0.5, 0.6) is 0 Å². The molecule has 1 aliphatic carbocycles. The molecule has 0 bridgehead atoms. The largest absolute Gasteiger partial charge is 0.348 e. The number of nitrogens with two attached hydrogens (primary N) is 1. The minimum absolute atomic E-state index is 0. The molecule has 0 saturated heterocycles. The van der Waals surface area contributed by atoms with Crippen molar-refractivity contribution < 1.29 is 4.79 Å². The van der Waals surface area contributed by atoms with E-state index in [9.17, 15) is 4.79 Å². The molecule has 0 unspecified atom stereocenters. The van der Waals surface area contributed by atoms with Gasteiger partial charge in [0.2, 0.25) is 5.91 Å². The molecule has 1 aromatic rings. The molecule has 2 rings (SSSR count).